The molecule has 0 spiro atoms. The number of ether oxygens (including phenoxy) is 1. The minimum Gasteiger partial charge on any atom is -0.480 e. The van der Waals surface area contributed by atoms with Gasteiger partial charge in [0.2, 0.25) is 5.91 Å². The van der Waals surface area contributed by atoms with E-state index in [0.29, 0.717) is 18.9 Å². The van der Waals surface area contributed by atoms with Gasteiger partial charge in [0.15, 0.2) is 0 Å². The van der Waals surface area contributed by atoms with E-state index in [-0.39, 0.29) is 31.6 Å². The fourth-order valence-electron chi connectivity index (χ4n) is 3.95. The largest absolute Gasteiger partial charge is 0.480 e. The SMILES string of the molecule is O=C(/C=C/C(F)(F)F)NCCCC[C@H](NC(=O)OCC1c2ccccc2-c2ccccc21)C(=O)O. The van der Waals surface area contributed by atoms with E-state index in [4.69, 9.17) is 4.74 Å². The minimum atomic E-state index is -4.57. The molecule has 1 atom stereocenters. The summed E-state index contributed by atoms with van der Waals surface area (Å²) in [5, 5.41) is 14.0. The quantitative estimate of drug-likeness (QED) is 0.339. The first-order valence-electron chi connectivity index (χ1n) is 11.0. The number of allylic oxidation sites excluding steroid dienone is 1. The molecule has 2 aromatic rings. The average Bonchev–Trinajstić information content (AvgIpc) is 3.13. The predicted octanol–water partition coefficient (Wildman–Crippen LogP) is 4.38. The van der Waals surface area contributed by atoms with Gasteiger partial charge in [-0.2, -0.15) is 13.2 Å². The van der Waals surface area contributed by atoms with Gasteiger partial charge in [-0.1, -0.05) is 48.5 Å². The van der Waals surface area contributed by atoms with Crippen LogP contribution in [0.4, 0.5) is 18.0 Å². The molecular formula is C25H25F3N2O5. The monoisotopic (exact) mass is 490 g/mol. The molecule has 0 aromatic heterocycles. The highest BCUT2D eigenvalue weighted by Gasteiger charge is 2.29. The summed E-state index contributed by atoms with van der Waals surface area (Å²) in [6.07, 6.45) is -4.51. The zero-order valence-corrected chi connectivity index (χ0v) is 18.7. The Morgan fingerprint density at radius 1 is 1.00 bits per heavy atom. The van der Waals surface area contributed by atoms with Crippen LogP contribution in [0, 0.1) is 0 Å². The lowest BCUT2D eigenvalue weighted by Gasteiger charge is -2.17. The lowest BCUT2D eigenvalue weighted by Crippen LogP contribution is -2.41. The van der Waals surface area contributed by atoms with Gasteiger partial charge >= 0.3 is 18.2 Å². The van der Waals surface area contributed by atoms with Gasteiger partial charge in [-0.05, 0) is 41.5 Å². The van der Waals surface area contributed by atoms with Crippen LogP contribution < -0.4 is 10.6 Å². The smallest absolute Gasteiger partial charge is 0.409 e. The van der Waals surface area contributed by atoms with Crippen LogP contribution in [-0.4, -0.2) is 48.4 Å². The molecule has 7 nitrogen and oxygen atoms in total. The van der Waals surface area contributed by atoms with E-state index < -0.39 is 30.2 Å². The number of rotatable bonds is 10. The highest BCUT2D eigenvalue weighted by Crippen LogP contribution is 2.44. The van der Waals surface area contributed by atoms with E-state index in [1.54, 1.807) is 0 Å². The van der Waals surface area contributed by atoms with Gasteiger partial charge in [-0.25, -0.2) is 9.59 Å². The van der Waals surface area contributed by atoms with Crippen LogP contribution in [0.3, 0.4) is 0 Å². The van der Waals surface area contributed by atoms with E-state index in [1.807, 2.05) is 48.5 Å². The Kier molecular flexibility index (Phi) is 8.51. The van der Waals surface area contributed by atoms with Crippen LogP contribution in [0.25, 0.3) is 11.1 Å². The Morgan fingerprint density at radius 3 is 2.17 bits per heavy atom. The van der Waals surface area contributed by atoms with E-state index in [1.165, 1.54) is 0 Å². The molecular weight excluding hydrogens is 465 g/mol. The summed E-state index contributed by atoms with van der Waals surface area (Å²) in [4.78, 5) is 35.1. The number of amides is 2. The first-order valence-corrected chi connectivity index (χ1v) is 11.0. The molecule has 186 valence electrons. The molecule has 0 saturated carbocycles. The fourth-order valence-corrected chi connectivity index (χ4v) is 3.95. The zero-order chi connectivity index (χ0) is 25.4. The van der Waals surface area contributed by atoms with Crippen molar-refractivity contribution in [3.05, 3.63) is 71.8 Å². The van der Waals surface area contributed by atoms with Crippen molar-refractivity contribution in [2.24, 2.45) is 0 Å². The summed E-state index contributed by atoms with van der Waals surface area (Å²) in [5.74, 6) is -2.30. The number of halogens is 3. The van der Waals surface area contributed by atoms with E-state index >= 15 is 0 Å². The van der Waals surface area contributed by atoms with E-state index in [2.05, 4.69) is 10.6 Å². The second-order valence-electron chi connectivity index (χ2n) is 8.02. The van der Waals surface area contributed by atoms with Gasteiger partial charge in [0, 0.05) is 24.6 Å². The number of carbonyl (C=O) groups excluding carboxylic acids is 2. The van der Waals surface area contributed by atoms with Crippen molar-refractivity contribution >= 4 is 18.0 Å². The molecule has 3 N–H and O–H groups in total. The minimum absolute atomic E-state index is 0.0453. The molecule has 0 heterocycles. The number of fused-ring (bicyclic) bond motifs is 3. The first kappa shape index (κ1) is 25.8. The molecule has 2 amide bonds. The maximum absolute atomic E-state index is 12.3. The van der Waals surface area contributed by atoms with Crippen molar-refractivity contribution in [3.63, 3.8) is 0 Å². The number of nitrogens with one attached hydrogen (secondary N) is 2. The van der Waals surface area contributed by atoms with Gasteiger partial charge in [-0.3, -0.25) is 4.79 Å². The van der Waals surface area contributed by atoms with Gasteiger partial charge in [0.1, 0.15) is 12.6 Å². The molecule has 10 heteroatoms. The Hall–Kier alpha value is -3.82. The molecule has 0 fully saturated rings. The van der Waals surface area contributed by atoms with E-state index in [9.17, 15) is 32.7 Å². The molecule has 0 unspecified atom stereocenters. The van der Waals surface area contributed by atoms with Gasteiger partial charge in [0.25, 0.3) is 0 Å². The number of unbranched alkanes of at least 4 members (excludes halogenated alkanes) is 1. The molecule has 0 radical (unpaired) electrons. The summed E-state index contributed by atoms with van der Waals surface area (Å²) < 4.78 is 41.5. The van der Waals surface area contributed by atoms with Gasteiger partial charge in [0.05, 0.1) is 0 Å². The highest BCUT2D eigenvalue weighted by atomic mass is 19.4. The summed E-state index contributed by atoms with van der Waals surface area (Å²) in [6.45, 7) is 0.113. The predicted molar refractivity (Wildman–Crippen MR) is 122 cm³/mol. The Morgan fingerprint density at radius 2 is 1.60 bits per heavy atom. The van der Waals surface area contributed by atoms with Crippen molar-refractivity contribution in [3.8, 4) is 11.1 Å². The maximum Gasteiger partial charge on any atom is 0.409 e. The summed E-state index contributed by atoms with van der Waals surface area (Å²) in [7, 11) is 0. The molecule has 0 bridgehead atoms. The van der Waals surface area contributed by atoms with Crippen molar-refractivity contribution < 1.29 is 37.4 Å². The number of benzene rings is 2. The lowest BCUT2D eigenvalue weighted by atomic mass is 9.98. The molecule has 1 aliphatic rings. The molecule has 1 aliphatic carbocycles. The number of hydrogen-bond donors (Lipinski definition) is 3. The molecule has 0 saturated heterocycles. The summed E-state index contributed by atoms with van der Waals surface area (Å²) >= 11 is 0. The third kappa shape index (κ3) is 7.33. The van der Waals surface area contributed by atoms with Crippen molar-refractivity contribution in [2.45, 2.75) is 37.4 Å². The number of hydrogen-bond acceptors (Lipinski definition) is 4. The molecule has 35 heavy (non-hydrogen) atoms. The molecule has 3 rings (SSSR count). The van der Waals surface area contributed by atoms with Crippen LogP contribution >= 0.6 is 0 Å². The third-order valence-electron chi connectivity index (χ3n) is 5.58. The van der Waals surface area contributed by atoms with Crippen LogP contribution in [0.5, 0.6) is 0 Å². The fraction of sp³-hybridized carbons (Fsp3) is 0.320. The molecule has 0 aliphatic heterocycles. The van der Waals surface area contributed by atoms with Crippen molar-refractivity contribution in [1.82, 2.24) is 10.6 Å². The van der Waals surface area contributed by atoms with Crippen LogP contribution in [-0.2, 0) is 14.3 Å². The normalized spacial score (nSPS) is 13.7. The second-order valence-corrected chi connectivity index (χ2v) is 8.02. The van der Waals surface area contributed by atoms with Crippen molar-refractivity contribution in [2.75, 3.05) is 13.2 Å². The second kappa shape index (κ2) is 11.5. The van der Waals surface area contributed by atoms with Crippen LogP contribution in [0.2, 0.25) is 0 Å². The van der Waals surface area contributed by atoms with E-state index in [0.717, 1.165) is 22.3 Å². The number of carboxylic acid groups (broad SMARTS) is 1. The lowest BCUT2D eigenvalue weighted by molar-refractivity contribution is -0.139. The number of carbonyl (C=O) groups is 3. The topological polar surface area (TPSA) is 105 Å². The zero-order valence-electron chi connectivity index (χ0n) is 18.7. The Balaban J connectivity index is 1.45. The summed E-state index contributed by atoms with van der Waals surface area (Å²) in [6, 6.07) is 14.4. The van der Waals surface area contributed by atoms with Crippen LogP contribution in [0.15, 0.2) is 60.7 Å². The maximum atomic E-state index is 12.3. The van der Waals surface area contributed by atoms with Gasteiger partial charge in [-0.15, -0.1) is 0 Å². The number of carboxylic acids is 1. The average molecular weight is 490 g/mol. The first-order chi connectivity index (χ1) is 16.7. The highest BCUT2D eigenvalue weighted by molar-refractivity contribution is 5.87. The number of aliphatic carboxylic acids is 1. The summed E-state index contributed by atoms with van der Waals surface area (Å²) in [5.41, 5.74) is 4.20. The number of alkyl carbamates (subject to hydrolysis) is 1. The molecule has 2 aromatic carbocycles. The standard InChI is InChI=1S/C25H25F3N2O5/c26-25(27,28)13-12-22(31)29-14-6-5-11-21(23(32)33)30-24(34)35-15-20-18-9-3-1-7-16(18)17-8-2-4-10-19(17)20/h1-4,7-10,12-13,20-21H,5-6,11,14-15H2,(H,29,31)(H,30,34)(H,32,33)/b13-12+/t21-/m0/s1. The number of alkyl halides is 3. The Labute approximate surface area is 200 Å². The Bertz CT molecular complexity index is 1060. The van der Waals surface area contributed by atoms with Gasteiger partial charge < -0.3 is 20.5 Å². The third-order valence-corrected chi connectivity index (χ3v) is 5.58. The van der Waals surface area contributed by atoms with Crippen LogP contribution in [0.1, 0.15) is 36.3 Å². The van der Waals surface area contributed by atoms with Crippen molar-refractivity contribution in [1.29, 1.82) is 0 Å².